The summed E-state index contributed by atoms with van der Waals surface area (Å²) in [6.07, 6.45) is -4.33. The van der Waals surface area contributed by atoms with E-state index in [1.165, 1.54) is 6.07 Å². The first-order chi connectivity index (χ1) is 7.45. The Hall–Kier alpha value is -1.52. The monoisotopic (exact) mass is 231 g/mol. The van der Waals surface area contributed by atoms with Crippen molar-refractivity contribution in [3.8, 4) is 0 Å². The molecule has 0 radical (unpaired) electrons. The van der Waals surface area contributed by atoms with Crippen molar-refractivity contribution in [2.45, 2.75) is 20.0 Å². The van der Waals surface area contributed by atoms with Gasteiger partial charge in [-0.3, -0.25) is 0 Å². The third-order valence-corrected chi connectivity index (χ3v) is 1.94. The zero-order valence-electron chi connectivity index (χ0n) is 9.01. The van der Waals surface area contributed by atoms with Gasteiger partial charge in [0.1, 0.15) is 6.61 Å². The van der Waals surface area contributed by atoms with E-state index in [0.717, 1.165) is 12.1 Å². The van der Waals surface area contributed by atoms with Crippen molar-refractivity contribution in [2.75, 3.05) is 6.61 Å². The van der Waals surface area contributed by atoms with Crippen molar-refractivity contribution in [1.82, 2.24) is 0 Å². The van der Waals surface area contributed by atoms with Crippen LogP contribution in [0.1, 0.15) is 25.0 Å². The number of oxime groups is 1. The van der Waals surface area contributed by atoms with Crippen LogP contribution >= 0.6 is 0 Å². The maximum absolute atomic E-state index is 12.4. The van der Waals surface area contributed by atoms with Crippen LogP contribution in [0.15, 0.2) is 29.4 Å². The molecule has 0 aliphatic heterocycles. The molecule has 0 aliphatic rings. The van der Waals surface area contributed by atoms with Gasteiger partial charge in [0.15, 0.2) is 0 Å². The van der Waals surface area contributed by atoms with Gasteiger partial charge in [-0.05, 0) is 31.5 Å². The Morgan fingerprint density at radius 1 is 1.38 bits per heavy atom. The van der Waals surface area contributed by atoms with Gasteiger partial charge in [-0.25, -0.2) is 0 Å². The molecule has 0 atom stereocenters. The Kier molecular flexibility index (Phi) is 3.93. The van der Waals surface area contributed by atoms with Crippen LogP contribution in [0.2, 0.25) is 0 Å². The Bertz CT molecular complexity index is 385. The fraction of sp³-hybridized carbons (Fsp3) is 0.364. The van der Waals surface area contributed by atoms with Crippen molar-refractivity contribution in [3.63, 3.8) is 0 Å². The molecular weight excluding hydrogens is 219 g/mol. The van der Waals surface area contributed by atoms with E-state index in [2.05, 4.69) is 5.16 Å². The van der Waals surface area contributed by atoms with Crippen molar-refractivity contribution in [1.29, 1.82) is 0 Å². The van der Waals surface area contributed by atoms with Crippen molar-refractivity contribution in [3.05, 3.63) is 35.4 Å². The van der Waals surface area contributed by atoms with Gasteiger partial charge >= 0.3 is 6.18 Å². The predicted molar refractivity (Wildman–Crippen MR) is 55.3 cm³/mol. The highest BCUT2D eigenvalue weighted by Gasteiger charge is 2.30. The lowest BCUT2D eigenvalue weighted by Gasteiger charge is -2.08. The first kappa shape index (κ1) is 12.5. The average molecular weight is 231 g/mol. The molecule has 0 aromatic heterocycles. The molecule has 0 aliphatic carbocycles. The zero-order chi connectivity index (χ0) is 12.2. The lowest BCUT2D eigenvalue weighted by molar-refractivity contribution is -0.137. The second-order valence-corrected chi connectivity index (χ2v) is 3.17. The molecule has 0 heterocycles. The molecule has 5 heteroatoms. The molecule has 1 aromatic rings. The standard InChI is InChI=1S/C11H12F3NO/c1-3-16-15-8(2)9-5-4-6-10(7-9)11(12,13)14/h4-7H,3H2,1-2H3/b15-8-. The normalized spacial score (nSPS) is 12.7. The van der Waals surface area contributed by atoms with E-state index >= 15 is 0 Å². The van der Waals surface area contributed by atoms with E-state index in [0.29, 0.717) is 17.9 Å². The number of benzene rings is 1. The third kappa shape index (κ3) is 3.25. The highest BCUT2D eigenvalue weighted by molar-refractivity contribution is 5.98. The number of nitrogens with zero attached hydrogens (tertiary/aromatic N) is 1. The number of hydrogen-bond acceptors (Lipinski definition) is 2. The van der Waals surface area contributed by atoms with Crippen LogP contribution in [0.4, 0.5) is 13.2 Å². The summed E-state index contributed by atoms with van der Waals surface area (Å²) in [7, 11) is 0. The van der Waals surface area contributed by atoms with E-state index in [1.807, 2.05) is 0 Å². The van der Waals surface area contributed by atoms with E-state index < -0.39 is 11.7 Å². The Balaban J connectivity index is 2.99. The van der Waals surface area contributed by atoms with Crippen molar-refractivity contribution >= 4 is 5.71 Å². The van der Waals surface area contributed by atoms with Crippen molar-refractivity contribution in [2.24, 2.45) is 5.16 Å². The lowest BCUT2D eigenvalue weighted by Crippen LogP contribution is -2.06. The second-order valence-electron chi connectivity index (χ2n) is 3.17. The average Bonchev–Trinajstić information content (AvgIpc) is 2.25. The predicted octanol–water partition coefficient (Wildman–Crippen LogP) is 3.47. The molecule has 0 saturated carbocycles. The molecule has 0 fully saturated rings. The van der Waals surface area contributed by atoms with Gasteiger partial charge < -0.3 is 4.84 Å². The number of rotatable bonds is 3. The number of halogens is 3. The first-order valence-electron chi connectivity index (χ1n) is 4.79. The smallest absolute Gasteiger partial charge is 0.396 e. The summed E-state index contributed by atoms with van der Waals surface area (Å²) in [6.45, 7) is 3.74. The molecule has 16 heavy (non-hydrogen) atoms. The molecule has 1 aromatic carbocycles. The maximum Gasteiger partial charge on any atom is 0.416 e. The van der Waals surface area contributed by atoms with Crippen LogP contribution in [-0.2, 0) is 11.0 Å². The molecule has 2 nitrogen and oxygen atoms in total. The highest BCUT2D eigenvalue weighted by Crippen LogP contribution is 2.29. The Labute approximate surface area is 91.7 Å². The minimum atomic E-state index is -4.33. The summed E-state index contributed by atoms with van der Waals surface area (Å²) >= 11 is 0. The molecule has 88 valence electrons. The van der Waals surface area contributed by atoms with Gasteiger partial charge in [0.05, 0.1) is 11.3 Å². The highest BCUT2D eigenvalue weighted by atomic mass is 19.4. The molecular formula is C11H12F3NO. The zero-order valence-corrected chi connectivity index (χ0v) is 9.01. The van der Waals surface area contributed by atoms with E-state index in [-0.39, 0.29) is 0 Å². The minimum absolute atomic E-state index is 0.385. The molecule has 0 unspecified atom stereocenters. The summed E-state index contributed by atoms with van der Waals surface area (Å²) in [5.74, 6) is 0. The molecule has 0 saturated heterocycles. The number of alkyl halides is 3. The van der Waals surface area contributed by atoms with Crippen LogP contribution in [0.3, 0.4) is 0 Å². The summed E-state index contributed by atoms with van der Waals surface area (Å²) in [5, 5.41) is 3.69. The van der Waals surface area contributed by atoms with Crippen molar-refractivity contribution < 1.29 is 18.0 Å². The summed E-state index contributed by atoms with van der Waals surface area (Å²) < 4.78 is 37.2. The van der Waals surface area contributed by atoms with Crippen LogP contribution in [0.25, 0.3) is 0 Å². The van der Waals surface area contributed by atoms with Gasteiger partial charge in [-0.1, -0.05) is 17.3 Å². The van der Waals surface area contributed by atoms with Crippen LogP contribution in [0, 0.1) is 0 Å². The molecule has 0 amide bonds. The van der Waals surface area contributed by atoms with E-state index in [4.69, 9.17) is 4.84 Å². The molecule has 0 N–H and O–H groups in total. The van der Waals surface area contributed by atoms with Gasteiger partial charge in [-0.2, -0.15) is 13.2 Å². The van der Waals surface area contributed by atoms with Gasteiger partial charge in [0.2, 0.25) is 0 Å². The first-order valence-corrected chi connectivity index (χ1v) is 4.79. The largest absolute Gasteiger partial charge is 0.416 e. The molecule has 0 spiro atoms. The number of hydrogen-bond donors (Lipinski definition) is 0. The summed E-state index contributed by atoms with van der Waals surface area (Å²) in [5.41, 5.74) is 0.146. The summed E-state index contributed by atoms with van der Waals surface area (Å²) in [6, 6.07) is 4.99. The van der Waals surface area contributed by atoms with Gasteiger partial charge in [0.25, 0.3) is 0 Å². The molecule has 1 rings (SSSR count). The van der Waals surface area contributed by atoms with Gasteiger partial charge in [0, 0.05) is 0 Å². The van der Waals surface area contributed by atoms with Crippen LogP contribution in [0.5, 0.6) is 0 Å². The minimum Gasteiger partial charge on any atom is -0.396 e. The van der Waals surface area contributed by atoms with Crippen LogP contribution in [-0.4, -0.2) is 12.3 Å². The topological polar surface area (TPSA) is 21.6 Å². The molecule has 0 bridgehead atoms. The maximum atomic E-state index is 12.4. The lowest BCUT2D eigenvalue weighted by atomic mass is 10.1. The fourth-order valence-electron chi connectivity index (χ4n) is 1.13. The fourth-order valence-corrected chi connectivity index (χ4v) is 1.13. The van der Waals surface area contributed by atoms with Gasteiger partial charge in [-0.15, -0.1) is 0 Å². The second kappa shape index (κ2) is 5.01. The van der Waals surface area contributed by atoms with E-state index in [1.54, 1.807) is 19.9 Å². The summed E-state index contributed by atoms with van der Waals surface area (Å²) in [4.78, 5) is 4.78. The quantitative estimate of drug-likeness (QED) is 0.576. The van der Waals surface area contributed by atoms with E-state index in [9.17, 15) is 13.2 Å². The third-order valence-electron chi connectivity index (χ3n) is 1.94. The Morgan fingerprint density at radius 3 is 2.62 bits per heavy atom. The Morgan fingerprint density at radius 2 is 2.06 bits per heavy atom. The SMILES string of the molecule is CCO/N=C(/C)c1cccc(C(F)(F)F)c1. The van der Waals surface area contributed by atoms with Crippen LogP contribution < -0.4 is 0 Å².